The van der Waals surface area contributed by atoms with E-state index in [0.717, 1.165) is 12.1 Å². The number of hydrogen-bond donors (Lipinski definition) is 4. The fourth-order valence-corrected chi connectivity index (χ4v) is 2.38. The highest BCUT2D eigenvalue weighted by Crippen LogP contribution is 2.23. The topological polar surface area (TPSA) is 132 Å². The number of rotatable bonds is 4. The van der Waals surface area contributed by atoms with Gasteiger partial charge in [0.15, 0.2) is 5.03 Å². The van der Waals surface area contributed by atoms with E-state index in [1.165, 1.54) is 18.3 Å². The van der Waals surface area contributed by atoms with Crippen molar-refractivity contribution in [3.05, 3.63) is 36.0 Å². The predicted molar refractivity (Wildman–Crippen MR) is 64.5 cm³/mol. The fraction of sp³-hybridized carbons (Fsp3) is 0. The Balaban J connectivity index is 2.42. The van der Waals surface area contributed by atoms with Crippen LogP contribution in [-0.2, 0) is 10.0 Å². The lowest BCUT2D eigenvalue weighted by Gasteiger charge is -2.09. The second-order valence-electron chi connectivity index (χ2n) is 3.56. The molecule has 0 saturated carbocycles. The number of nitrogens with one attached hydrogen (secondary N) is 2. The van der Waals surface area contributed by atoms with Crippen LogP contribution in [0.5, 0.6) is 5.75 Å². The molecule has 100 valence electrons. The highest BCUT2D eigenvalue weighted by molar-refractivity contribution is 7.92. The number of H-pyrrole nitrogens is 1. The van der Waals surface area contributed by atoms with Crippen LogP contribution in [0.25, 0.3) is 0 Å². The van der Waals surface area contributed by atoms with Gasteiger partial charge < -0.3 is 10.2 Å². The molecule has 4 N–H and O–H groups in total. The van der Waals surface area contributed by atoms with Gasteiger partial charge in [-0.1, -0.05) is 0 Å². The molecule has 0 bridgehead atoms. The Labute approximate surface area is 107 Å². The molecule has 0 amide bonds. The number of carboxylic acid groups (broad SMARTS) is 1. The number of phenols is 1. The molecule has 0 aliphatic heterocycles. The molecule has 0 aliphatic rings. The van der Waals surface area contributed by atoms with Gasteiger partial charge in [-0.3, -0.25) is 9.82 Å². The zero-order chi connectivity index (χ0) is 14.0. The summed E-state index contributed by atoms with van der Waals surface area (Å²) in [6.07, 6.45) is 1.25. The Kier molecular flexibility index (Phi) is 3.13. The molecule has 2 aromatic rings. The van der Waals surface area contributed by atoms with E-state index in [1.54, 1.807) is 0 Å². The summed E-state index contributed by atoms with van der Waals surface area (Å²) in [5.41, 5.74) is -0.511. The lowest BCUT2D eigenvalue weighted by atomic mass is 10.2. The average molecular weight is 283 g/mol. The largest absolute Gasteiger partial charge is 0.508 e. The van der Waals surface area contributed by atoms with Crippen molar-refractivity contribution >= 4 is 21.7 Å². The van der Waals surface area contributed by atoms with Crippen LogP contribution in [0, 0.1) is 0 Å². The number of anilines is 1. The number of aromatic hydroxyl groups is 1. The quantitative estimate of drug-likeness (QED) is 0.608. The highest BCUT2D eigenvalue weighted by Gasteiger charge is 2.19. The summed E-state index contributed by atoms with van der Waals surface area (Å²) in [5, 5.41) is 23.7. The molecule has 0 unspecified atom stereocenters. The van der Waals surface area contributed by atoms with Crippen molar-refractivity contribution in [3.63, 3.8) is 0 Å². The molecule has 1 aromatic heterocycles. The molecule has 0 spiro atoms. The van der Waals surface area contributed by atoms with Crippen LogP contribution in [0.4, 0.5) is 5.69 Å². The van der Waals surface area contributed by atoms with Crippen molar-refractivity contribution in [1.29, 1.82) is 0 Å². The van der Waals surface area contributed by atoms with Gasteiger partial charge in [0.2, 0.25) is 0 Å². The Bertz CT molecular complexity index is 709. The standard InChI is InChI=1S/C10H9N3O5S/c14-6-1-2-8(7(5-6)10(15)16)13-19(17,18)9-3-4-11-12-9/h1-5,13-14H,(H,11,12)(H,15,16). The Morgan fingerprint density at radius 3 is 2.63 bits per heavy atom. The van der Waals surface area contributed by atoms with Crippen LogP contribution in [-0.4, -0.2) is 34.8 Å². The molecule has 2 rings (SSSR count). The average Bonchev–Trinajstić information content (AvgIpc) is 2.85. The van der Waals surface area contributed by atoms with Gasteiger partial charge in [0.25, 0.3) is 10.0 Å². The summed E-state index contributed by atoms with van der Waals surface area (Å²) < 4.78 is 25.9. The van der Waals surface area contributed by atoms with Gasteiger partial charge in [-0.15, -0.1) is 0 Å². The van der Waals surface area contributed by atoms with Crippen molar-refractivity contribution in [3.8, 4) is 5.75 Å². The van der Waals surface area contributed by atoms with Crippen molar-refractivity contribution in [1.82, 2.24) is 10.2 Å². The lowest BCUT2D eigenvalue weighted by molar-refractivity contribution is 0.0697. The number of carboxylic acids is 1. The van der Waals surface area contributed by atoms with Gasteiger partial charge in [0, 0.05) is 0 Å². The van der Waals surface area contributed by atoms with Crippen molar-refractivity contribution in [2.45, 2.75) is 5.03 Å². The first-order valence-electron chi connectivity index (χ1n) is 4.98. The minimum atomic E-state index is -3.95. The number of aromatic nitrogens is 2. The normalized spacial score (nSPS) is 11.2. The number of aromatic carboxylic acids is 1. The first-order chi connectivity index (χ1) is 8.90. The van der Waals surface area contributed by atoms with E-state index in [4.69, 9.17) is 5.11 Å². The second-order valence-corrected chi connectivity index (χ2v) is 5.21. The van der Waals surface area contributed by atoms with E-state index in [-0.39, 0.29) is 22.0 Å². The van der Waals surface area contributed by atoms with E-state index < -0.39 is 16.0 Å². The number of aromatic amines is 1. The SMILES string of the molecule is O=C(O)c1cc(O)ccc1NS(=O)(=O)c1ccn[nH]1. The Hall–Kier alpha value is -2.55. The van der Waals surface area contributed by atoms with Crippen LogP contribution >= 0.6 is 0 Å². The van der Waals surface area contributed by atoms with Gasteiger partial charge in [0.1, 0.15) is 5.75 Å². The molecule has 0 radical (unpaired) electrons. The van der Waals surface area contributed by atoms with Gasteiger partial charge in [0.05, 0.1) is 17.4 Å². The monoisotopic (exact) mass is 283 g/mol. The molecule has 9 heteroatoms. The van der Waals surface area contributed by atoms with Gasteiger partial charge in [-0.2, -0.15) is 13.5 Å². The molecule has 8 nitrogen and oxygen atoms in total. The second kappa shape index (κ2) is 4.61. The van der Waals surface area contributed by atoms with Crippen LogP contribution < -0.4 is 4.72 Å². The maximum absolute atomic E-state index is 11.9. The van der Waals surface area contributed by atoms with Gasteiger partial charge in [-0.05, 0) is 24.3 Å². The predicted octanol–water partition coefficient (Wildman–Crippen LogP) is 0.614. The van der Waals surface area contributed by atoms with Crippen LogP contribution in [0.3, 0.4) is 0 Å². The van der Waals surface area contributed by atoms with Crippen molar-refractivity contribution in [2.24, 2.45) is 0 Å². The molecule has 0 saturated heterocycles. The zero-order valence-electron chi connectivity index (χ0n) is 9.36. The summed E-state index contributed by atoms with van der Waals surface area (Å²) in [5.74, 6) is -1.64. The molecular weight excluding hydrogens is 274 g/mol. The Morgan fingerprint density at radius 1 is 1.32 bits per heavy atom. The third-order valence-electron chi connectivity index (χ3n) is 2.24. The minimum absolute atomic E-state index is 0.153. The number of sulfonamides is 1. The molecule has 1 heterocycles. The van der Waals surface area contributed by atoms with E-state index in [9.17, 15) is 18.3 Å². The first-order valence-corrected chi connectivity index (χ1v) is 6.47. The van der Waals surface area contributed by atoms with Crippen LogP contribution in [0.1, 0.15) is 10.4 Å². The molecular formula is C10H9N3O5S. The van der Waals surface area contributed by atoms with E-state index >= 15 is 0 Å². The lowest BCUT2D eigenvalue weighted by Crippen LogP contribution is -2.16. The van der Waals surface area contributed by atoms with E-state index in [0.29, 0.717) is 0 Å². The van der Waals surface area contributed by atoms with E-state index in [2.05, 4.69) is 14.9 Å². The third-order valence-corrected chi connectivity index (χ3v) is 3.54. The number of hydrogen-bond acceptors (Lipinski definition) is 5. The molecule has 0 fully saturated rings. The minimum Gasteiger partial charge on any atom is -0.508 e. The summed E-state index contributed by atoms with van der Waals surface area (Å²) in [4.78, 5) is 11.0. The molecule has 0 atom stereocenters. The maximum Gasteiger partial charge on any atom is 0.337 e. The Morgan fingerprint density at radius 2 is 2.05 bits per heavy atom. The number of benzene rings is 1. The van der Waals surface area contributed by atoms with Crippen LogP contribution in [0.2, 0.25) is 0 Å². The summed E-state index contributed by atoms with van der Waals surface area (Å²) in [7, 11) is -3.95. The first kappa shape index (κ1) is 12.9. The van der Waals surface area contributed by atoms with E-state index in [1.807, 2.05) is 0 Å². The fourth-order valence-electron chi connectivity index (χ4n) is 1.39. The van der Waals surface area contributed by atoms with Gasteiger partial charge in [-0.25, -0.2) is 4.79 Å². The van der Waals surface area contributed by atoms with Gasteiger partial charge >= 0.3 is 5.97 Å². The molecule has 1 aromatic carbocycles. The summed E-state index contributed by atoms with van der Waals surface area (Å²) in [6.45, 7) is 0. The summed E-state index contributed by atoms with van der Waals surface area (Å²) >= 11 is 0. The molecule has 19 heavy (non-hydrogen) atoms. The maximum atomic E-state index is 11.9. The third kappa shape index (κ3) is 2.65. The number of phenolic OH excluding ortho intramolecular Hbond substituents is 1. The van der Waals surface area contributed by atoms with Crippen molar-refractivity contribution in [2.75, 3.05) is 4.72 Å². The molecule has 0 aliphatic carbocycles. The number of carbonyl (C=O) groups is 1. The zero-order valence-corrected chi connectivity index (χ0v) is 10.2. The number of nitrogens with zero attached hydrogens (tertiary/aromatic N) is 1. The summed E-state index contributed by atoms with van der Waals surface area (Å²) in [6, 6.07) is 4.51. The van der Waals surface area contributed by atoms with Crippen molar-refractivity contribution < 1.29 is 23.4 Å². The highest BCUT2D eigenvalue weighted by atomic mass is 32.2. The smallest absolute Gasteiger partial charge is 0.337 e. The van der Waals surface area contributed by atoms with Crippen LogP contribution in [0.15, 0.2) is 35.5 Å².